The van der Waals surface area contributed by atoms with Crippen LogP contribution < -0.4 is 4.18 Å². The summed E-state index contributed by atoms with van der Waals surface area (Å²) < 4.78 is 33.3. The van der Waals surface area contributed by atoms with Crippen molar-refractivity contribution in [3.63, 3.8) is 0 Å². The van der Waals surface area contributed by atoms with E-state index >= 15 is 0 Å². The maximum atomic E-state index is 11.3. The van der Waals surface area contributed by atoms with E-state index in [4.69, 9.17) is 20.2 Å². The summed E-state index contributed by atoms with van der Waals surface area (Å²) >= 11 is 9.23. The van der Waals surface area contributed by atoms with E-state index in [1.165, 1.54) is 13.0 Å². The van der Waals surface area contributed by atoms with Crippen molar-refractivity contribution < 1.29 is 17.0 Å². The lowest BCUT2D eigenvalue weighted by Gasteiger charge is -1.99. The Morgan fingerprint density at radius 1 is 1.41 bits per heavy atom. The summed E-state index contributed by atoms with van der Waals surface area (Å²) in [5.74, 6) is -0.205. The molecule has 0 saturated carbocycles. The molecule has 0 unspecified atom stereocenters. The number of benzene rings is 1. The molecule has 92 valence electrons. The van der Waals surface area contributed by atoms with Gasteiger partial charge in [0.15, 0.2) is 5.58 Å². The average Bonchev–Trinajstić information content (AvgIpc) is 2.59. The Balaban J connectivity index is 2.49. The van der Waals surface area contributed by atoms with Crippen LogP contribution in [0, 0.1) is 0 Å². The first-order valence-electron chi connectivity index (χ1n) is 4.72. The number of fused-ring (bicyclic) bond motifs is 1. The molecule has 0 saturated heterocycles. The van der Waals surface area contributed by atoms with E-state index in [9.17, 15) is 8.42 Å². The Labute approximate surface area is 112 Å². The predicted molar refractivity (Wildman–Crippen MR) is 69.0 cm³/mol. The van der Waals surface area contributed by atoms with Gasteiger partial charge in [-0.15, -0.1) is 0 Å². The van der Waals surface area contributed by atoms with Crippen LogP contribution in [-0.4, -0.2) is 14.2 Å². The van der Waals surface area contributed by atoms with Gasteiger partial charge >= 0.3 is 16.1 Å². The minimum absolute atomic E-state index is 0.0816. The number of hydrogen-bond donors (Lipinski definition) is 0. The van der Waals surface area contributed by atoms with E-state index in [1.807, 2.05) is 0 Å². The molecule has 1 heterocycles. The number of rotatable bonds is 3. The molecule has 0 radical (unpaired) electrons. The smallest absolute Gasteiger partial charge is 0.311 e. The van der Waals surface area contributed by atoms with Gasteiger partial charge in [-0.3, -0.25) is 0 Å². The van der Waals surface area contributed by atoms with Gasteiger partial charge < -0.3 is 8.60 Å². The van der Waals surface area contributed by atoms with E-state index in [-0.39, 0.29) is 11.7 Å². The lowest BCUT2D eigenvalue weighted by molar-refractivity contribution is 0.398. The molecular weight excluding hydrogens is 332 g/mol. The lowest BCUT2D eigenvalue weighted by Crippen LogP contribution is -2.10. The summed E-state index contributed by atoms with van der Waals surface area (Å²) in [5, 5.41) is 1.06. The fourth-order valence-electron chi connectivity index (χ4n) is 1.28. The second-order valence-electron chi connectivity index (χ2n) is 3.30. The highest BCUT2D eigenvalue weighted by molar-refractivity contribution is 9.10. The van der Waals surface area contributed by atoms with Gasteiger partial charge in [-0.1, -0.05) is 27.5 Å². The molecule has 0 aliphatic heterocycles. The minimum atomic E-state index is -3.59. The Bertz CT molecular complexity index is 662. The van der Waals surface area contributed by atoms with Gasteiger partial charge in [-0.2, -0.15) is 8.42 Å². The van der Waals surface area contributed by atoms with Crippen LogP contribution in [0.15, 0.2) is 27.1 Å². The monoisotopic (exact) mass is 338 g/mol. The third-order valence-electron chi connectivity index (χ3n) is 2.08. The number of hydrogen-bond acceptors (Lipinski definition) is 4. The Morgan fingerprint density at radius 2 is 2.12 bits per heavy atom. The van der Waals surface area contributed by atoms with E-state index in [1.54, 1.807) is 12.1 Å². The zero-order valence-electron chi connectivity index (χ0n) is 8.74. The topological polar surface area (TPSA) is 56.5 Å². The van der Waals surface area contributed by atoms with Crippen LogP contribution in [0.3, 0.4) is 0 Å². The highest BCUT2D eigenvalue weighted by Gasteiger charge is 2.15. The van der Waals surface area contributed by atoms with Crippen LogP contribution in [0.2, 0.25) is 5.02 Å². The van der Waals surface area contributed by atoms with Crippen molar-refractivity contribution in [1.82, 2.24) is 0 Å². The molecule has 2 aromatic rings. The molecule has 7 heteroatoms. The summed E-state index contributed by atoms with van der Waals surface area (Å²) in [6.45, 7) is 1.49. The average molecular weight is 340 g/mol. The third-order valence-corrected chi connectivity index (χ3v) is 3.94. The van der Waals surface area contributed by atoms with E-state index in [2.05, 4.69) is 15.9 Å². The molecule has 2 rings (SSSR count). The maximum absolute atomic E-state index is 11.3. The van der Waals surface area contributed by atoms with E-state index < -0.39 is 10.1 Å². The molecule has 0 aliphatic rings. The van der Waals surface area contributed by atoms with Crippen LogP contribution in [-0.2, 0) is 10.1 Å². The first-order chi connectivity index (χ1) is 7.91. The van der Waals surface area contributed by atoms with Gasteiger partial charge in [-0.25, -0.2) is 0 Å². The van der Waals surface area contributed by atoms with Crippen molar-refractivity contribution in [3.05, 3.63) is 27.7 Å². The summed E-state index contributed by atoms with van der Waals surface area (Å²) in [4.78, 5) is 0. The van der Waals surface area contributed by atoms with Crippen molar-refractivity contribution in [2.24, 2.45) is 0 Å². The predicted octanol–water partition coefficient (Wildman–Crippen LogP) is 3.58. The van der Waals surface area contributed by atoms with E-state index in [0.29, 0.717) is 16.0 Å². The minimum Gasteiger partial charge on any atom is -0.423 e. The number of halogens is 2. The van der Waals surface area contributed by atoms with Crippen molar-refractivity contribution in [3.8, 4) is 5.95 Å². The maximum Gasteiger partial charge on any atom is 0.311 e. The zero-order valence-corrected chi connectivity index (χ0v) is 11.9. The quantitative estimate of drug-likeness (QED) is 0.802. The van der Waals surface area contributed by atoms with Gasteiger partial charge in [0.2, 0.25) is 0 Å². The molecule has 0 amide bonds. The molecule has 0 N–H and O–H groups in total. The Hall–Kier alpha value is -0.720. The van der Waals surface area contributed by atoms with E-state index in [0.717, 1.165) is 4.47 Å². The van der Waals surface area contributed by atoms with Crippen molar-refractivity contribution in [2.75, 3.05) is 5.75 Å². The Morgan fingerprint density at radius 3 is 2.76 bits per heavy atom. The lowest BCUT2D eigenvalue weighted by atomic mass is 10.3. The first kappa shape index (κ1) is 12.7. The molecule has 0 spiro atoms. The largest absolute Gasteiger partial charge is 0.423 e. The Kier molecular flexibility index (Phi) is 3.38. The first-order valence-corrected chi connectivity index (χ1v) is 7.47. The summed E-state index contributed by atoms with van der Waals surface area (Å²) in [7, 11) is -3.59. The molecule has 0 atom stereocenters. The van der Waals surface area contributed by atoms with Crippen LogP contribution in [0.5, 0.6) is 5.95 Å². The highest BCUT2D eigenvalue weighted by Crippen LogP contribution is 2.33. The normalized spacial score (nSPS) is 11.9. The number of furan rings is 1. The molecule has 0 fully saturated rings. The summed E-state index contributed by atoms with van der Waals surface area (Å²) in [6.07, 6.45) is 0. The fourth-order valence-corrected chi connectivity index (χ4v) is 2.60. The van der Waals surface area contributed by atoms with Crippen molar-refractivity contribution in [2.45, 2.75) is 6.92 Å². The summed E-state index contributed by atoms with van der Waals surface area (Å²) in [5.41, 5.74) is 0.399. The molecule has 17 heavy (non-hydrogen) atoms. The molecule has 1 aromatic heterocycles. The summed E-state index contributed by atoms with van der Waals surface area (Å²) in [6, 6.07) is 4.90. The molecule has 1 aromatic carbocycles. The highest BCUT2D eigenvalue weighted by atomic mass is 79.9. The second kappa shape index (κ2) is 4.51. The van der Waals surface area contributed by atoms with Gasteiger partial charge in [0, 0.05) is 15.9 Å². The molecule has 0 aliphatic carbocycles. The van der Waals surface area contributed by atoms with Crippen LogP contribution in [0.1, 0.15) is 6.92 Å². The van der Waals surface area contributed by atoms with Crippen LogP contribution in [0.4, 0.5) is 0 Å². The van der Waals surface area contributed by atoms with Crippen LogP contribution in [0.25, 0.3) is 11.0 Å². The van der Waals surface area contributed by atoms with Gasteiger partial charge in [0.1, 0.15) is 0 Å². The van der Waals surface area contributed by atoms with Crippen molar-refractivity contribution in [1.29, 1.82) is 0 Å². The van der Waals surface area contributed by atoms with Gasteiger partial charge in [-0.05, 0) is 19.1 Å². The second-order valence-corrected chi connectivity index (χ2v) is 6.48. The molecule has 4 nitrogen and oxygen atoms in total. The standard InChI is InChI=1S/C10H8BrClO4S/c1-2-17(13,14)16-9-4-6-3-7(11)5-8(12)10(6)15-9/h3-5H,2H2,1H3. The van der Waals surface area contributed by atoms with Crippen LogP contribution >= 0.6 is 27.5 Å². The molecule has 0 bridgehead atoms. The van der Waals surface area contributed by atoms with Gasteiger partial charge in [0.05, 0.1) is 10.8 Å². The zero-order chi connectivity index (χ0) is 12.6. The van der Waals surface area contributed by atoms with Crippen molar-refractivity contribution >= 4 is 48.6 Å². The SMILES string of the molecule is CCS(=O)(=O)Oc1cc2cc(Br)cc(Cl)c2o1. The van der Waals surface area contributed by atoms with Gasteiger partial charge in [0.25, 0.3) is 0 Å². The fraction of sp³-hybridized carbons (Fsp3) is 0.200. The molecular formula is C10H8BrClO4S. The third kappa shape index (κ3) is 2.75.